The fourth-order valence-corrected chi connectivity index (χ4v) is 2.58. The van der Waals surface area contributed by atoms with Crippen molar-refractivity contribution in [3.63, 3.8) is 0 Å². The standard InChI is InChI=1S/C11H15F2NO2S.ClH/c1-14-9(7-17(2,15)16)5-8-3-4-10(12)11(13)6-8;/h3-4,6,9,14H,5,7H2,1-2H3;1H/t9-;/m1./s1. The molecule has 3 nitrogen and oxygen atoms in total. The molecule has 0 radical (unpaired) electrons. The van der Waals surface area contributed by atoms with E-state index in [9.17, 15) is 17.2 Å². The molecular weight excluding hydrogens is 284 g/mol. The minimum Gasteiger partial charge on any atom is -0.316 e. The maximum absolute atomic E-state index is 13.0. The van der Waals surface area contributed by atoms with Crippen LogP contribution in [0.15, 0.2) is 18.2 Å². The zero-order valence-electron chi connectivity index (χ0n) is 10.1. The molecular formula is C11H16ClF2NO2S. The zero-order chi connectivity index (χ0) is 13.1. The molecule has 1 N–H and O–H groups in total. The highest BCUT2D eigenvalue weighted by atomic mass is 35.5. The molecule has 0 aliphatic rings. The fraction of sp³-hybridized carbons (Fsp3) is 0.455. The molecule has 1 aromatic rings. The Bertz CT molecular complexity index is 494. The highest BCUT2D eigenvalue weighted by Crippen LogP contribution is 2.11. The van der Waals surface area contributed by atoms with Crippen molar-refractivity contribution in [2.75, 3.05) is 19.1 Å². The molecule has 1 atom stereocenters. The largest absolute Gasteiger partial charge is 0.316 e. The summed E-state index contributed by atoms with van der Waals surface area (Å²) in [4.78, 5) is 0. The van der Waals surface area contributed by atoms with Crippen LogP contribution in [-0.4, -0.2) is 33.5 Å². The molecule has 0 unspecified atom stereocenters. The third-order valence-electron chi connectivity index (χ3n) is 2.38. The molecule has 1 rings (SSSR count). The molecule has 0 saturated heterocycles. The summed E-state index contributed by atoms with van der Waals surface area (Å²) in [5.41, 5.74) is 0.562. The molecule has 1 aromatic carbocycles. The number of nitrogens with one attached hydrogen (secondary N) is 1. The van der Waals surface area contributed by atoms with E-state index in [0.717, 1.165) is 18.4 Å². The van der Waals surface area contributed by atoms with Gasteiger partial charge >= 0.3 is 0 Å². The van der Waals surface area contributed by atoms with Gasteiger partial charge in [-0.3, -0.25) is 0 Å². The van der Waals surface area contributed by atoms with Gasteiger partial charge in [0.15, 0.2) is 11.6 Å². The van der Waals surface area contributed by atoms with Crippen LogP contribution in [0.25, 0.3) is 0 Å². The Balaban J connectivity index is 0.00000289. The summed E-state index contributed by atoms with van der Waals surface area (Å²) in [6.45, 7) is 0. The van der Waals surface area contributed by atoms with Crippen molar-refractivity contribution >= 4 is 22.2 Å². The molecule has 7 heteroatoms. The highest BCUT2D eigenvalue weighted by Gasteiger charge is 2.14. The van der Waals surface area contributed by atoms with E-state index < -0.39 is 21.5 Å². The maximum Gasteiger partial charge on any atom is 0.159 e. The number of hydrogen-bond donors (Lipinski definition) is 1. The van der Waals surface area contributed by atoms with E-state index in [4.69, 9.17) is 0 Å². The first-order valence-electron chi connectivity index (χ1n) is 5.10. The molecule has 0 aliphatic carbocycles. The van der Waals surface area contributed by atoms with Gasteiger partial charge in [0.1, 0.15) is 9.84 Å². The van der Waals surface area contributed by atoms with Crippen molar-refractivity contribution < 1.29 is 17.2 Å². The first-order chi connectivity index (χ1) is 7.81. The Morgan fingerprint density at radius 3 is 2.33 bits per heavy atom. The quantitative estimate of drug-likeness (QED) is 0.897. The van der Waals surface area contributed by atoms with Gasteiger partial charge in [0.05, 0.1) is 5.75 Å². The van der Waals surface area contributed by atoms with Crippen LogP contribution in [0.3, 0.4) is 0 Å². The van der Waals surface area contributed by atoms with Crippen LogP contribution in [0, 0.1) is 11.6 Å². The van der Waals surface area contributed by atoms with Gasteiger partial charge in [-0.25, -0.2) is 17.2 Å². The topological polar surface area (TPSA) is 46.2 Å². The second-order valence-corrected chi connectivity index (χ2v) is 6.22. The second-order valence-electron chi connectivity index (χ2n) is 4.03. The van der Waals surface area contributed by atoms with Crippen LogP contribution in [-0.2, 0) is 16.3 Å². The third kappa shape index (κ3) is 5.75. The van der Waals surface area contributed by atoms with Gasteiger partial charge in [0, 0.05) is 12.3 Å². The summed E-state index contributed by atoms with van der Waals surface area (Å²) in [6, 6.07) is 3.26. The minimum atomic E-state index is -3.10. The smallest absolute Gasteiger partial charge is 0.159 e. The van der Waals surface area contributed by atoms with Crippen LogP contribution in [0.5, 0.6) is 0 Å². The average Bonchev–Trinajstić information content (AvgIpc) is 2.20. The molecule has 104 valence electrons. The molecule has 0 heterocycles. The van der Waals surface area contributed by atoms with Gasteiger partial charge in [0.2, 0.25) is 0 Å². The zero-order valence-corrected chi connectivity index (χ0v) is 11.7. The predicted molar refractivity (Wildman–Crippen MR) is 69.9 cm³/mol. The Labute approximate surface area is 112 Å². The number of likely N-dealkylation sites (N-methyl/N-ethyl adjacent to an activating group) is 1. The van der Waals surface area contributed by atoms with Crippen LogP contribution < -0.4 is 5.32 Å². The number of rotatable bonds is 5. The summed E-state index contributed by atoms with van der Waals surface area (Å²) in [7, 11) is -1.47. The minimum absolute atomic E-state index is 0. The molecule has 18 heavy (non-hydrogen) atoms. The van der Waals surface area contributed by atoms with E-state index in [1.807, 2.05) is 0 Å². The average molecular weight is 300 g/mol. The van der Waals surface area contributed by atoms with Gasteiger partial charge in [-0.1, -0.05) is 6.07 Å². The number of benzene rings is 1. The van der Waals surface area contributed by atoms with E-state index in [1.54, 1.807) is 7.05 Å². The molecule has 0 amide bonds. The fourth-order valence-electron chi connectivity index (χ4n) is 1.56. The van der Waals surface area contributed by atoms with Crippen molar-refractivity contribution in [3.8, 4) is 0 Å². The predicted octanol–water partition coefficient (Wildman–Crippen LogP) is 1.56. The first-order valence-corrected chi connectivity index (χ1v) is 7.17. The second kappa shape index (κ2) is 7.01. The van der Waals surface area contributed by atoms with Crippen molar-refractivity contribution in [2.45, 2.75) is 12.5 Å². The van der Waals surface area contributed by atoms with Crippen molar-refractivity contribution in [1.82, 2.24) is 5.32 Å². The van der Waals surface area contributed by atoms with E-state index >= 15 is 0 Å². The molecule has 0 fully saturated rings. The highest BCUT2D eigenvalue weighted by molar-refractivity contribution is 7.90. The normalized spacial score (nSPS) is 12.9. The van der Waals surface area contributed by atoms with Gasteiger partial charge in [0.25, 0.3) is 0 Å². The number of sulfone groups is 1. The van der Waals surface area contributed by atoms with Crippen LogP contribution in [0.4, 0.5) is 8.78 Å². The van der Waals surface area contributed by atoms with E-state index in [1.165, 1.54) is 6.07 Å². The van der Waals surface area contributed by atoms with Crippen molar-refractivity contribution in [1.29, 1.82) is 0 Å². The molecule has 0 spiro atoms. The van der Waals surface area contributed by atoms with E-state index in [0.29, 0.717) is 12.0 Å². The number of hydrogen-bond acceptors (Lipinski definition) is 3. The van der Waals surface area contributed by atoms with Crippen molar-refractivity contribution in [3.05, 3.63) is 35.4 Å². The summed E-state index contributed by atoms with van der Waals surface area (Å²) in [5.74, 6) is -1.86. The lowest BCUT2D eigenvalue weighted by Gasteiger charge is -2.15. The Hall–Kier alpha value is -0.720. The van der Waals surface area contributed by atoms with Gasteiger partial charge < -0.3 is 5.32 Å². The third-order valence-corrected chi connectivity index (χ3v) is 3.39. The van der Waals surface area contributed by atoms with Crippen LogP contribution in [0.2, 0.25) is 0 Å². The first kappa shape index (κ1) is 17.3. The van der Waals surface area contributed by atoms with Crippen LogP contribution in [0.1, 0.15) is 5.56 Å². The Morgan fingerprint density at radius 1 is 1.28 bits per heavy atom. The maximum atomic E-state index is 13.0. The van der Waals surface area contributed by atoms with Crippen molar-refractivity contribution in [2.24, 2.45) is 0 Å². The molecule has 0 aromatic heterocycles. The summed E-state index contributed by atoms with van der Waals surface area (Å²) >= 11 is 0. The summed E-state index contributed by atoms with van der Waals surface area (Å²) < 4.78 is 47.9. The molecule has 0 aliphatic heterocycles. The van der Waals surface area contributed by atoms with Crippen LogP contribution >= 0.6 is 12.4 Å². The van der Waals surface area contributed by atoms with Gasteiger partial charge in [-0.15, -0.1) is 12.4 Å². The van der Waals surface area contributed by atoms with E-state index in [-0.39, 0.29) is 24.2 Å². The summed E-state index contributed by atoms with van der Waals surface area (Å²) in [6.07, 6.45) is 1.48. The monoisotopic (exact) mass is 299 g/mol. The lowest BCUT2D eigenvalue weighted by Crippen LogP contribution is -2.34. The SMILES string of the molecule is CN[C@H](Cc1ccc(F)c(F)c1)CS(C)(=O)=O.Cl. The lowest BCUT2D eigenvalue weighted by molar-refractivity contribution is 0.505. The number of halogens is 3. The molecule has 0 bridgehead atoms. The Morgan fingerprint density at radius 2 is 1.89 bits per heavy atom. The Kier molecular flexibility index (Phi) is 6.73. The summed E-state index contributed by atoms with van der Waals surface area (Å²) in [5, 5.41) is 2.85. The van der Waals surface area contributed by atoms with Gasteiger partial charge in [-0.05, 0) is 31.2 Å². The van der Waals surface area contributed by atoms with E-state index in [2.05, 4.69) is 5.32 Å². The lowest BCUT2D eigenvalue weighted by atomic mass is 10.1. The van der Waals surface area contributed by atoms with Gasteiger partial charge in [-0.2, -0.15) is 0 Å². The molecule has 0 saturated carbocycles.